The van der Waals surface area contributed by atoms with Crippen molar-refractivity contribution in [1.29, 1.82) is 0 Å². The first-order valence-electron chi connectivity index (χ1n) is 4.76. The summed E-state index contributed by atoms with van der Waals surface area (Å²) in [5, 5.41) is 0.503. The fourth-order valence-electron chi connectivity index (χ4n) is 1.60. The lowest BCUT2D eigenvalue weighted by Gasteiger charge is -2.03. The minimum Gasteiger partial charge on any atom is -0.397 e. The number of aromatic nitrogens is 2. The van der Waals surface area contributed by atoms with Gasteiger partial charge in [0.2, 0.25) is 0 Å². The molecule has 0 unspecified atom stereocenters. The molecular formula is C12H7ClN3. The predicted molar refractivity (Wildman–Crippen MR) is 65.3 cm³/mol. The zero-order valence-corrected chi connectivity index (χ0v) is 8.99. The Morgan fingerprint density at radius 3 is 2.69 bits per heavy atom. The molecule has 0 fully saturated rings. The van der Waals surface area contributed by atoms with Gasteiger partial charge < -0.3 is 5.73 Å². The van der Waals surface area contributed by atoms with Crippen LogP contribution in [0.2, 0.25) is 5.02 Å². The second kappa shape index (κ2) is 3.32. The van der Waals surface area contributed by atoms with Crippen molar-refractivity contribution < 1.29 is 0 Å². The highest BCUT2D eigenvalue weighted by molar-refractivity contribution is 6.33. The van der Waals surface area contributed by atoms with Crippen LogP contribution in [0.25, 0.3) is 22.1 Å². The van der Waals surface area contributed by atoms with Crippen LogP contribution >= 0.6 is 11.6 Å². The lowest BCUT2D eigenvalue weighted by atomic mass is 10.2. The molecule has 4 heteroatoms. The Morgan fingerprint density at radius 2 is 1.81 bits per heavy atom. The molecule has 3 rings (SSSR count). The van der Waals surface area contributed by atoms with E-state index in [4.69, 9.17) is 17.3 Å². The maximum atomic E-state index is 5.94. The largest absolute Gasteiger partial charge is 0.397 e. The molecule has 1 radical (unpaired) electrons. The molecule has 0 amide bonds. The van der Waals surface area contributed by atoms with Gasteiger partial charge >= 0.3 is 0 Å². The highest BCUT2D eigenvalue weighted by Gasteiger charge is 2.04. The normalized spacial score (nSPS) is 11.1. The van der Waals surface area contributed by atoms with Gasteiger partial charge in [0.1, 0.15) is 0 Å². The maximum Gasteiger partial charge on any atom is 0.0916 e. The Hall–Kier alpha value is -1.87. The average Bonchev–Trinajstić information content (AvgIpc) is 2.28. The van der Waals surface area contributed by atoms with E-state index in [2.05, 4.69) is 16.0 Å². The summed E-state index contributed by atoms with van der Waals surface area (Å²) in [4.78, 5) is 8.90. The smallest absolute Gasteiger partial charge is 0.0916 e. The quantitative estimate of drug-likeness (QED) is 0.476. The van der Waals surface area contributed by atoms with Crippen molar-refractivity contribution in [3.05, 3.63) is 41.4 Å². The molecule has 0 aliphatic rings. The summed E-state index contributed by atoms with van der Waals surface area (Å²) < 4.78 is 0. The van der Waals surface area contributed by atoms with Crippen molar-refractivity contribution in [2.45, 2.75) is 0 Å². The summed E-state index contributed by atoms with van der Waals surface area (Å²) >= 11 is 5.94. The molecular weight excluding hydrogens is 222 g/mol. The average molecular weight is 229 g/mol. The van der Waals surface area contributed by atoms with E-state index in [1.54, 1.807) is 18.2 Å². The number of rotatable bonds is 0. The Morgan fingerprint density at radius 1 is 1.06 bits per heavy atom. The molecule has 0 atom stereocenters. The molecule has 77 valence electrons. The van der Waals surface area contributed by atoms with Crippen LogP contribution in [0.15, 0.2) is 30.3 Å². The van der Waals surface area contributed by atoms with Crippen LogP contribution in [0.5, 0.6) is 0 Å². The second-order valence-electron chi connectivity index (χ2n) is 3.50. The molecule has 0 spiro atoms. The summed E-state index contributed by atoms with van der Waals surface area (Å²) in [5.74, 6) is 0. The molecule has 3 aromatic rings. The Kier molecular flexibility index (Phi) is 1.94. The van der Waals surface area contributed by atoms with Crippen molar-refractivity contribution in [2.75, 3.05) is 5.73 Å². The number of hydrogen-bond acceptors (Lipinski definition) is 3. The fraction of sp³-hybridized carbons (Fsp3) is 0. The topological polar surface area (TPSA) is 51.8 Å². The zero-order valence-electron chi connectivity index (χ0n) is 8.24. The van der Waals surface area contributed by atoms with Crippen molar-refractivity contribution in [2.24, 2.45) is 0 Å². The van der Waals surface area contributed by atoms with Crippen molar-refractivity contribution in [3.8, 4) is 0 Å². The molecule has 0 saturated carbocycles. The monoisotopic (exact) mass is 228 g/mol. The van der Waals surface area contributed by atoms with Crippen molar-refractivity contribution in [1.82, 2.24) is 9.97 Å². The van der Waals surface area contributed by atoms with Crippen LogP contribution in [0.3, 0.4) is 0 Å². The summed E-state index contributed by atoms with van der Waals surface area (Å²) in [7, 11) is 0. The number of halogens is 1. The third-order valence-electron chi connectivity index (χ3n) is 2.40. The number of nitrogen functional groups attached to an aromatic ring is 1. The molecule has 1 heterocycles. The van der Waals surface area contributed by atoms with Crippen LogP contribution in [0.1, 0.15) is 0 Å². The molecule has 0 aliphatic carbocycles. The van der Waals surface area contributed by atoms with Gasteiger partial charge in [-0.1, -0.05) is 17.7 Å². The zero-order chi connectivity index (χ0) is 11.1. The van der Waals surface area contributed by atoms with E-state index < -0.39 is 0 Å². The van der Waals surface area contributed by atoms with Gasteiger partial charge in [-0.2, -0.15) is 0 Å². The summed E-state index contributed by atoms with van der Waals surface area (Å²) in [6.45, 7) is 0. The molecule has 0 saturated heterocycles. The molecule has 1 aromatic heterocycles. The van der Waals surface area contributed by atoms with E-state index in [1.807, 2.05) is 12.1 Å². The third kappa shape index (κ3) is 1.37. The minimum absolute atomic E-state index is 0.503. The number of benzene rings is 2. The molecule has 2 aromatic carbocycles. The van der Waals surface area contributed by atoms with E-state index in [-0.39, 0.29) is 0 Å². The van der Waals surface area contributed by atoms with Gasteiger partial charge in [0.05, 0.1) is 32.8 Å². The molecule has 0 aliphatic heterocycles. The summed E-state index contributed by atoms with van der Waals surface area (Å²) in [6, 6.07) is 11.9. The second-order valence-corrected chi connectivity index (χ2v) is 3.91. The van der Waals surface area contributed by atoms with Crippen LogP contribution in [0.4, 0.5) is 5.69 Å². The van der Waals surface area contributed by atoms with E-state index in [1.165, 1.54) is 0 Å². The maximum absolute atomic E-state index is 5.94. The highest BCUT2D eigenvalue weighted by atomic mass is 35.5. The first-order chi connectivity index (χ1) is 7.74. The van der Waals surface area contributed by atoms with Gasteiger partial charge in [0, 0.05) is 0 Å². The number of fused-ring (bicyclic) bond motifs is 2. The van der Waals surface area contributed by atoms with Gasteiger partial charge in [0.15, 0.2) is 0 Å². The number of nitrogens with zero attached hydrogens (tertiary/aromatic N) is 2. The van der Waals surface area contributed by atoms with E-state index >= 15 is 0 Å². The van der Waals surface area contributed by atoms with Gasteiger partial charge in [-0.3, -0.25) is 0 Å². The van der Waals surface area contributed by atoms with Crippen LogP contribution < -0.4 is 5.73 Å². The van der Waals surface area contributed by atoms with Crippen LogP contribution in [-0.4, -0.2) is 9.97 Å². The summed E-state index contributed by atoms with van der Waals surface area (Å²) in [5.41, 5.74) is 9.36. The van der Waals surface area contributed by atoms with Gasteiger partial charge in [-0.05, 0) is 30.3 Å². The molecule has 3 nitrogen and oxygen atoms in total. The van der Waals surface area contributed by atoms with Crippen molar-refractivity contribution in [3.63, 3.8) is 0 Å². The van der Waals surface area contributed by atoms with E-state index in [0.29, 0.717) is 10.7 Å². The predicted octanol–water partition coefficient (Wildman–Crippen LogP) is 2.82. The molecule has 2 N–H and O–H groups in total. The number of anilines is 1. The first kappa shape index (κ1) is 9.36. The van der Waals surface area contributed by atoms with Gasteiger partial charge in [-0.15, -0.1) is 0 Å². The van der Waals surface area contributed by atoms with E-state index in [9.17, 15) is 0 Å². The Bertz CT molecular complexity index is 634. The minimum atomic E-state index is 0.503. The highest BCUT2D eigenvalue weighted by Crippen LogP contribution is 2.25. The molecule has 16 heavy (non-hydrogen) atoms. The Balaban J connectivity index is 2.46. The lowest BCUT2D eigenvalue weighted by Crippen LogP contribution is -1.91. The molecule has 0 bridgehead atoms. The van der Waals surface area contributed by atoms with E-state index in [0.717, 1.165) is 22.1 Å². The lowest BCUT2D eigenvalue weighted by molar-refractivity contribution is 1.39. The summed E-state index contributed by atoms with van der Waals surface area (Å²) in [6.07, 6.45) is 0. The van der Waals surface area contributed by atoms with Crippen LogP contribution in [-0.2, 0) is 0 Å². The SMILES string of the molecule is Nc1cc2nc3c[c]ccc3nc2cc1Cl. The Labute approximate surface area is 96.9 Å². The van der Waals surface area contributed by atoms with Crippen LogP contribution in [0, 0.1) is 6.07 Å². The standard InChI is InChI=1S/C12H7ClN3/c13-7-5-11-12(6-8(7)14)16-10-4-2-1-3-9(10)15-11/h1,3-6H,14H2. The fourth-order valence-corrected chi connectivity index (χ4v) is 1.76. The van der Waals surface area contributed by atoms with Crippen molar-refractivity contribution >= 4 is 39.4 Å². The van der Waals surface area contributed by atoms with Gasteiger partial charge in [-0.25, -0.2) is 9.97 Å². The number of nitrogens with two attached hydrogens (primary N) is 1. The number of hydrogen-bond donors (Lipinski definition) is 1. The van der Waals surface area contributed by atoms with Gasteiger partial charge in [0.25, 0.3) is 0 Å². The first-order valence-corrected chi connectivity index (χ1v) is 5.14. The third-order valence-corrected chi connectivity index (χ3v) is 2.72.